The fourth-order valence-electron chi connectivity index (χ4n) is 4.05. The molecular weight excluding hydrogens is 403 g/mol. The summed E-state index contributed by atoms with van der Waals surface area (Å²) in [6.45, 7) is 5.03. The zero-order chi connectivity index (χ0) is 21.9. The van der Waals surface area contributed by atoms with Crippen LogP contribution in [0.4, 0.5) is 19.1 Å². The summed E-state index contributed by atoms with van der Waals surface area (Å²) in [7, 11) is 2.25. The van der Waals surface area contributed by atoms with Gasteiger partial charge in [-0.15, -0.1) is 0 Å². The number of hydrogen-bond acceptors (Lipinski definition) is 7. The third-order valence-electron chi connectivity index (χ3n) is 5.52. The number of likely N-dealkylation sites (N-methyl/N-ethyl adjacent to an activating group) is 1. The molecule has 12 heteroatoms. The van der Waals surface area contributed by atoms with Gasteiger partial charge in [0.05, 0.1) is 6.54 Å². The van der Waals surface area contributed by atoms with Gasteiger partial charge in [-0.2, -0.15) is 18.3 Å². The van der Waals surface area contributed by atoms with E-state index in [4.69, 9.17) is 9.90 Å². The minimum absolute atomic E-state index is 0.533. The van der Waals surface area contributed by atoms with Gasteiger partial charge in [-0.3, -0.25) is 9.58 Å². The first-order valence-corrected chi connectivity index (χ1v) is 9.53. The van der Waals surface area contributed by atoms with E-state index in [9.17, 15) is 13.2 Å². The number of nitrogens with zero attached hydrogens (tertiary/aromatic N) is 7. The van der Waals surface area contributed by atoms with Crippen LogP contribution in [-0.2, 0) is 11.3 Å². The summed E-state index contributed by atoms with van der Waals surface area (Å²) in [5, 5.41) is 11.4. The monoisotopic (exact) mass is 427 g/mol. The Bertz CT molecular complexity index is 829. The Labute approximate surface area is 171 Å². The van der Waals surface area contributed by atoms with E-state index in [-0.39, 0.29) is 0 Å². The fraction of sp³-hybridized carbons (Fsp3) is 0.611. The second kappa shape index (κ2) is 8.94. The molecule has 30 heavy (non-hydrogen) atoms. The van der Waals surface area contributed by atoms with Crippen molar-refractivity contribution in [2.24, 2.45) is 5.92 Å². The van der Waals surface area contributed by atoms with Crippen LogP contribution in [0.2, 0.25) is 0 Å². The average molecular weight is 427 g/mol. The Hall–Kier alpha value is -2.76. The molecule has 3 atom stereocenters. The molecule has 0 radical (unpaired) electrons. The number of aliphatic carboxylic acids is 1. The number of rotatable bonds is 3. The fourth-order valence-corrected chi connectivity index (χ4v) is 4.05. The number of alkyl halides is 3. The number of piperidine rings is 1. The molecule has 2 aliphatic rings. The maximum atomic E-state index is 10.6. The predicted molar refractivity (Wildman–Crippen MR) is 101 cm³/mol. The number of halogens is 3. The minimum Gasteiger partial charge on any atom is -0.475 e. The molecule has 2 aromatic rings. The lowest BCUT2D eigenvalue weighted by atomic mass is 9.92. The molecule has 0 unspecified atom stereocenters. The van der Waals surface area contributed by atoms with Crippen molar-refractivity contribution in [3.8, 4) is 0 Å². The highest BCUT2D eigenvalue weighted by Crippen LogP contribution is 2.35. The van der Waals surface area contributed by atoms with Gasteiger partial charge in [-0.1, -0.05) is 0 Å². The Morgan fingerprint density at radius 2 is 1.97 bits per heavy atom. The van der Waals surface area contributed by atoms with E-state index in [1.54, 1.807) is 6.33 Å². The van der Waals surface area contributed by atoms with Crippen LogP contribution in [0.3, 0.4) is 0 Å². The van der Waals surface area contributed by atoms with Gasteiger partial charge in [-0.25, -0.2) is 19.7 Å². The van der Waals surface area contributed by atoms with Crippen LogP contribution in [-0.4, -0.2) is 79.1 Å². The smallest absolute Gasteiger partial charge is 0.475 e. The summed E-state index contributed by atoms with van der Waals surface area (Å²) in [5.41, 5.74) is 1.11. The number of carbonyl (C=O) groups is 1. The van der Waals surface area contributed by atoms with Crippen molar-refractivity contribution >= 4 is 11.9 Å². The summed E-state index contributed by atoms with van der Waals surface area (Å²) < 4.78 is 33.7. The third-order valence-corrected chi connectivity index (χ3v) is 5.52. The molecule has 2 aliphatic heterocycles. The second-order valence-corrected chi connectivity index (χ2v) is 7.60. The van der Waals surface area contributed by atoms with Crippen molar-refractivity contribution in [2.45, 2.75) is 44.6 Å². The Balaban J connectivity index is 0.000000318. The molecular formula is C18H24F3N7O2. The molecule has 0 saturated carbocycles. The van der Waals surface area contributed by atoms with E-state index in [2.05, 4.69) is 36.9 Å². The maximum Gasteiger partial charge on any atom is 0.490 e. The molecule has 164 valence electrons. The largest absolute Gasteiger partial charge is 0.490 e. The van der Waals surface area contributed by atoms with Crippen LogP contribution in [0.5, 0.6) is 0 Å². The number of carboxylic acids is 1. The Morgan fingerprint density at radius 1 is 1.30 bits per heavy atom. The summed E-state index contributed by atoms with van der Waals surface area (Å²) in [4.78, 5) is 26.8. The lowest BCUT2D eigenvalue weighted by molar-refractivity contribution is -0.192. The van der Waals surface area contributed by atoms with E-state index < -0.39 is 12.1 Å². The highest BCUT2D eigenvalue weighted by molar-refractivity contribution is 5.73. The van der Waals surface area contributed by atoms with Crippen molar-refractivity contribution in [1.29, 1.82) is 0 Å². The molecule has 2 saturated heterocycles. The first-order valence-electron chi connectivity index (χ1n) is 9.53. The van der Waals surface area contributed by atoms with Gasteiger partial charge < -0.3 is 10.0 Å². The number of hydrogen-bond donors (Lipinski definition) is 1. The molecule has 0 amide bonds. The van der Waals surface area contributed by atoms with Crippen molar-refractivity contribution in [3.63, 3.8) is 0 Å². The molecule has 9 nitrogen and oxygen atoms in total. The van der Waals surface area contributed by atoms with Crippen molar-refractivity contribution in [3.05, 3.63) is 30.6 Å². The van der Waals surface area contributed by atoms with E-state index in [1.807, 2.05) is 30.3 Å². The number of aromatic nitrogens is 5. The topological polar surface area (TPSA) is 100 Å². The van der Waals surface area contributed by atoms with Crippen molar-refractivity contribution < 1.29 is 23.1 Å². The van der Waals surface area contributed by atoms with Gasteiger partial charge in [0.2, 0.25) is 5.95 Å². The van der Waals surface area contributed by atoms with Gasteiger partial charge in [0.15, 0.2) is 0 Å². The molecule has 2 fully saturated rings. The molecule has 0 aromatic carbocycles. The highest BCUT2D eigenvalue weighted by Gasteiger charge is 2.42. The van der Waals surface area contributed by atoms with Crippen LogP contribution in [0.15, 0.2) is 25.0 Å². The molecule has 0 spiro atoms. The molecule has 1 N–H and O–H groups in total. The van der Waals surface area contributed by atoms with Gasteiger partial charge >= 0.3 is 12.1 Å². The quantitative estimate of drug-likeness (QED) is 0.789. The summed E-state index contributed by atoms with van der Waals surface area (Å²) in [5.74, 6) is -1.21. The number of anilines is 1. The Kier molecular flexibility index (Phi) is 6.54. The molecule has 0 bridgehead atoms. The highest BCUT2D eigenvalue weighted by atomic mass is 19.4. The van der Waals surface area contributed by atoms with E-state index in [1.165, 1.54) is 12.8 Å². The first kappa shape index (κ1) is 21.9. The van der Waals surface area contributed by atoms with Gasteiger partial charge in [-0.05, 0) is 38.3 Å². The predicted octanol–water partition coefficient (Wildman–Crippen LogP) is 1.61. The van der Waals surface area contributed by atoms with Crippen molar-refractivity contribution in [1.82, 2.24) is 29.6 Å². The first-order chi connectivity index (χ1) is 14.1. The van der Waals surface area contributed by atoms with E-state index in [0.29, 0.717) is 18.0 Å². The van der Waals surface area contributed by atoms with E-state index in [0.717, 1.165) is 31.1 Å². The second-order valence-electron chi connectivity index (χ2n) is 7.60. The normalized spacial score (nSPS) is 24.2. The van der Waals surface area contributed by atoms with Crippen LogP contribution < -0.4 is 4.90 Å². The van der Waals surface area contributed by atoms with Gasteiger partial charge in [0.1, 0.15) is 12.7 Å². The van der Waals surface area contributed by atoms with Crippen LogP contribution in [0.25, 0.3) is 0 Å². The zero-order valence-corrected chi connectivity index (χ0v) is 16.7. The lowest BCUT2D eigenvalue weighted by Crippen LogP contribution is -2.46. The minimum atomic E-state index is -5.08. The standard InChI is InChI=1S/C16H23N7.C2HF3O2/c1-12-6-18-16(19-7-12)22-4-3-15-13(8-22)5-14(21(15)2)9-23-11-17-10-20-23;3-2(4,5)1(6)7/h6-7,10-11,13-15H,3-5,8-9H2,1-2H3;(H,6,7)/t13-,14+,15+;/m1./s1. The summed E-state index contributed by atoms with van der Waals surface area (Å²) in [6, 6.07) is 1.19. The van der Waals surface area contributed by atoms with Gasteiger partial charge in [0.25, 0.3) is 0 Å². The van der Waals surface area contributed by atoms with Crippen LogP contribution >= 0.6 is 0 Å². The van der Waals surface area contributed by atoms with Crippen LogP contribution in [0.1, 0.15) is 18.4 Å². The number of aryl methyl sites for hydroxylation is 1. The number of likely N-dealkylation sites (tertiary alicyclic amines) is 1. The molecule has 2 aromatic heterocycles. The summed E-state index contributed by atoms with van der Waals surface area (Å²) in [6.07, 6.45) is 4.52. The van der Waals surface area contributed by atoms with Crippen molar-refractivity contribution in [2.75, 3.05) is 25.0 Å². The van der Waals surface area contributed by atoms with E-state index >= 15 is 0 Å². The maximum absolute atomic E-state index is 10.6. The molecule has 4 rings (SSSR count). The number of carboxylic acid groups (broad SMARTS) is 1. The molecule has 4 heterocycles. The SMILES string of the molecule is Cc1cnc(N2CC[C@H]3[C@H](C[C@@H](Cn4cncn4)N3C)C2)nc1.O=C(O)C(F)(F)F. The number of fused-ring (bicyclic) bond motifs is 1. The Morgan fingerprint density at radius 3 is 2.53 bits per heavy atom. The summed E-state index contributed by atoms with van der Waals surface area (Å²) >= 11 is 0. The van der Waals surface area contributed by atoms with Gasteiger partial charge in [0, 0.05) is 37.6 Å². The molecule has 0 aliphatic carbocycles. The van der Waals surface area contributed by atoms with Crippen LogP contribution in [0, 0.1) is 12.8 Å². The average Bonchev–Trinajstić information content (AvgIpc) is 3.30. The lowest BCUT2D eigenvalue weighted by Gasteiger charge is -2.37. The zero-order valence-electron chi connectivity index (χ0n) is 16.7. The third kappa shape index (κ3) is 5.23.